The van der Waals surface area contributed by atoms with Crippen LogP contribution in [0.5, 0.6) is 5.75 Å². The van der Waals surface area contributed by atoms with Crippen molar-refractivity contribution in [1.29, 1.82) is 0 Å². The third-order valence-corrected chi connectivity index (χ3v) is 7.28. The van der Waals surface area contributed by atoms with E-state index < -0.39 is 16.4 Å². The lowest BCUT2D eigenvalue weighted by Crippen LogP contribution is -2.50. The number of hydrogen-bond donors (Lipinski definition) is 1. The van der Waals surface area contributed by atoms with Gasteiger partial charge in [0.1, 0.15) is 5.75 Å². The average molecular weight is 550 g/mol. The van der Waals surface area contributed by atoms with E-state index in [2.05, 4.69) is 10.2 Å². The van der Waals surface area contributed by atoms with Gasteiger partial charge in [-0.1, -0.05) is 35.9 Å². The van der Waals surface area contributed by atoms with Gasteiger partial charge in [0.05, 0.1) is 36.2 Å². The van der Waals surface area contributed by atoms with E-state index in [9.17, 15) is 26.4 Å². The predicted octanol–water partition coefficient (Wildman–Crippen LogP) is 4.52. The molecule has 1 heterocycles. The molecule has 2 aromatic rings. The first-order chi connectivity index (χ1) is 16.8. The molecule has 198 valence electrons. The summed E-state index contributed by atoms with van der Waals surface area (Å²) in [6.07, 6.45) is -1.38. The third-order valence-electron chi connectivity index (χ3n) is 5.71. The van der Waals surface area contributed by atoms with Gasteiger partial charge < -0.3 is 9.64 Å². The quantitative estimate of drug-likeness (QED) is 0.463. The van der Waals surface area contributed by atoms with Crippen molar-refractivity contribution in [2.75, 3.05) is 38.5 Å². The normalized spacial score (nSPS) is 16.8. The largest absolute Gasteiger partial charge is 0.573 e. The van der Waals surface area contributed by atoms with Crippen LogP contribution in [0.3, 0.4) is 0 Å². The van der Waals surface area contributed by atoms with Gasteiger partial charge in [0, 0.05) is 24.7 Å². The first kappa shape index (κ1) is 28.0. The SMILES string of the molecule is CN(CC(=O)N1CCCC[C@@H]1CONc1ccc(-c2ccccc2OC(F)(F)F)c(Cl)c1)S(C)(=O)=O. The van der Waals surface area contributed by atoms with E-state index in [4.69, 9.17) is 16.4 Å². The molecule has 1 aliphatic heterocycles. The minimum Gasteiger partial charge on any atom is -0.405 e. The highest BCUT2D eigenvalue weighted by molar-refractivity contribution is 7.88. The molecule has 8 nitrogen and oxygen atoms in total. The molecule has 0 unspecified atom stereocenters. The smallest absolute Gasteiger partial charge is 0.405 e. The number of nitrogens with one attached hydrogen (secondary N) is 1. The molecule has 2 aromatic carbocycles. The number of sulfonamides is 1. The van der Waals surface area contributed by atoms with Crippen LogP contribution in [0.2, 0.25) is 5.02 Å². The first-order valence-electron chi connectivity index (χ1n) is 11.1. The highest BCUT2D eigenvalue weighted by atomic mass is 35.5. The van der Waals surface area contributed by atoms with Crippen LogP contribution < -0.4 is 10.2 Å². The molecule has 0 radical (unpaired) electrons. The molecule has 36 heavy (non-hydrogen) atoms. The van der Waals surface area contributed by atoms with Crippen LogP contribution in [-0.4, -0.2) is 68.9 Å². The standard InChI is InChI=1S/C23H27ClF3N3O5S/c1-29(36(2,32)33)14-22(31)30-12-6-5-7-17(30)15-34-28-16-10-11-18(20(24)13-16)19-8-3-4-9-21(19)35-23(25,26)27/h3-4,8-11,13,17,28H,5-7,12,14-15H2,1-2H3/t17-/m1/s1. The van der Waals surface area contributed by atoms with Crippen LogP contribution >= 0.6 is 11.6 Å². The number of alkyl halides is 3. The van der Waals surface area contributed by atoms with Gasteiger partial charge in [-0.2, -0.15) is 4.31 Å². The summed E-state index contributed by atoms with van der Waals surface area (Å²) in [4.78, 5) is 19.9. The molecule has 1 fully saturated rings. The fraction of sp³-hybridized carbons (Fsp3) is 0.435. The highest BCUT2D eigenvalue weighted by Crippen LogP contribution is 2.38. The Morgan fingerprint density at radius 2 is 1.92 bits per heavy atom. The number of hydrogen-bond acceptors (Lipinski definition) is 6. The maximum atomic E-state index is 12.8. The number of piperidine rings is 1. The van der Waals surface area contributed by atoms with Gasteiger partial charge in [0.2, 0.25) is 15.9 Å². The van der Waals surface area contributed by atoms with Crippen molar-refractivity contribution < 1.29 is 36.0 Å². The van der Waals surface area contributed by atoms with Crippen LogP contribution in [0.15, 0.2) is 42.5 Å². The summed E-state index contributed by atoms with van der Waals surface area (Å²) >= 11 is 6.35. The molecule has 1 amide bonds. The van der Waals surface area contributed by atoms with Gasteiger partial charge in [-0.25, -0.2) is 8.42 Å². The zero-order valence-electron chi connectivity index (χ0n) is 19.7. The molecule has 1 saturated heterocycles. The number of carbonyl (C=O) groups is 1. The Balaban J connectivity index is 1.63. The van der Waals surface area contributed by atoms with Crippen molar-refractivity contribution in [3.63, 3.8) is 0 Å². The van der Waals surface area contributed by atoms with E-state index in [0.29, 0.717) is 24.2 Å². The molecule has 1 atom stereocenters. The predicted molar refractivity (Wildman–Crippen MR) is 130 cm³/mol. The summed E-state index contributed by atoms with van der Waals surface area (Å²) in [6, 6.07) is 10.1. The second-order valence-corrected chi connectivity index (χ2v) is 10.9. The minimum atomic E-state index is -4.84. The molecule has 3 rings (SSSR count). The van der Waals surface area contributed by atoms with Crippen molar-refractivity contribution in [3.05, 3.63) is 47.5 Å². The third kappa shape index (κ3) is 7.73. The van der Waals surface area contributed by atoms with Crippen LogP contribution in [0.25, 0.3) is 11.1 Å². The summed E-state index contributed by atoms with van der Waals surface area (Å²) in [7, 11) is -2.13. The van der Waals surface area contributed by atoms with Crippen LogP contribution in [-0.2, 0) is 19.7 Å². The van der Waals surface area contributed by atoms with Crippen molar-refractivity contribution >= 4 is 33.2 Å². The Labute approximate surface area is 212 Å². The van der Waals surface area contributed by atoms with Crippen LogP contribution in [0, 0.1) is 0 Å². The number of likely N-dealkylation sites (N-methyl/N-ethyl adjacent to an activating group) is 1. The van der Waals surface area contributed by atoms with Crippen molar-refractivity contribution in [1.82, 2.24) is 9.21 Å². The van der Waals surface area contributed by atoms with E-state index in [0.717, 1.165) is 23.4 Å². The van der Waals surface area contributed by atoms with E-state index in [1.807, 2.05) is 0 Å². The molecular formula is C23H27ClF3N3O5S. The van der Waals surface area contributed by atoms with Gasteiger partial charge in [-0.3, -0.25) is 15.1 Å². The zero-order valence-corrected chi connectivity index (χ0v) is 21.3. The molecule has 0 aromatic heterocycles. The fourth-order valence-electron chi connectivity index (χ4n) is 3.82. The van der Waals surface area contributed by atoms with E-state index in [-0.39, 0.29) is 41.4 Å². The maximum Gasteiger partial charge on any atom is 0.573 e. The lowest BCUT2D eigenvalue weighted by Gasteiger charge is -2.36. The molecule has 0 aliphatic carbocycles. The van der Waals surface area contributed by atoms with Crippen molar-refractivity contribution in [3.8, 4) is 16.9 Å². The molecular weight excluding hydrogens is 523 g/mol. The second kappa shape index (κ2) is 11.7. The molecule has 0 saturated carbocycles. The number of para-hydroxylation sites is 1. The number of amides is 1. The Morgan fingerprint density at radius 1 is 1.19 bits per heavy atom. The zero-order chi connectivity index (χ0) is 26.5. The number of ether oxygens (including phenoxy) is 1. The van der Waals surface area contributed by atoms with Gasteiger partial charge in [-0.15, -0.1) is 13.2 Å². The monoisotopic (exact) mass is 549 g/mol. The van der Waals surface area contributed by atoms with Gasteiger partial charge >= 0.3 is 6.36 Å². The van der Waals surface area contributed by atoms with Crippen molar-refractivity contribution in [2.24, 2.45) is 0 Å². The number of benzene rings is 2. The fourth-order valence-corrected chi connectivity index (χ4v) is 4.45. The number of likely N-dealkylation sites (tertiary alicyclic amines) is 1. The Kier molecular flexibility index (Phi) is 9.09. The lowest BCUT2D eigenvalue weighted by atomic mass is 10.0. The number of rotatable bonds is 9. The number of nitrogens with zero attached hydrogens (tertiary/aromatic N) is 2. The van der Waals surface area contributed by atoms with E-state index in [1.54, 1.807) is 23.1 Å². The first-order valence-corrected chi connectivity index (χ1v) is 13.3. The number of carbonyl (C=O) groups excluding carboxylic acids is 1. The Morgan fingerprint density at radius 3 is 2.58 bits per heavy atom. The average Bonchev–Trinajstić information content (AvgIpc) is 2.78. The van der Waals surface area contributed by atoms with Gasteiger partial charge in [-0.05, 0) is 37.5 Å². The summed E-state index contributed by atoms with van der Waals surface area (Å²) in [5, 5.41) is 0.181. The van der Waals surface area contributed by atoms with E-state index in [1.165, 1.54) is 31.3 Å². The lowest BCUT2D eigenvalue weighted by molar-refractivity contribution is -0.274. The summed E-state index contributed by atoms with van der Waals surface area (Å²) < 4.78 is 66.6. The Hall–Kier alpha value is -2.54. The summed E-state index contributed by atoms with van der Waals surface area (Å²) in [6.45, 7) is 0.402. The Bertz CT molecular complexity index is 1180. The maximum absolute atomic E-state index is 12.8. The number of anilines is 1. The topological polar surface area (TPSA) is 88.2 Å². The van der Waals surface area contributed by atoms with Crippen LogP contribution in [0.4, 0.5) is 18.9 Å². The van der Waals surface area contributed by atoms with Crippen LogP contribution in [0.1, 0.15) is 19.3 Å². The highest BCUT2D eigenvalue weighted by Gasteiger charge is 2.32. The second-order valence-electron chi connectivity index (χ2n) is 8.41. The summed E-state index contributed by atoms with van der Waals surface area (Å²) in [5.41, 5.74) is 3.74. The molecule has 1 N–H and O–H groups in total. The van der Waals surface area contributed by atoms with Gasteiger partial charge in [0.15, 0.2) is 0 Å². The number of halogens is 4. The molecule has 1 aliphatic rings. The molecule has 0 bridgehead atoms. The molecule has 13 heteroatoms. The van der Waals surface area contributed by atoms with E-state index >= 15 is 0 Å². The van der Waals surface area contributed by atoms with Gasteiger partial charge in [0.25, 0.3) is 0 Å². The minimum absolute atomic E-state index is 0.149. The summed E-state index contributed by atoms with van der Waals surface area (Å²) in [5.74, 6) is -0.671. The molecule has 0 spiro atoms. The van der Waals surface area contributed by atoms with Crippen molar-refractivity contribution in [2.45, 2.75) is 31.7 Å².